The Bertz CT molecular complexity index is 516. The zero-order chi connectivity index (χ0) is 21.8. The smallest absolute Gasteiger partial charge is 0.0324 e. The normalized spacial score (nSPS) is 45.5. The second kappa shape index (κ2) is 11.4. The minimum atomic E-state index is 1.02. The lowest BCUT2D eigenvalue weighted by Gasteiger charge is -2.49. The van der Waals surface area contributed by atoms with Crippen LogP contribution in [0.2, 0.25) is 0 Å². The van der Waals surface area contributed by atoms with Gasteiger partial charge in [0.1, 0.15) is 0 Å². The molecule has 0 spiro atoms. The summed E-state index contributed by atoms with van der Waals surface area (Å²) < 4.78 is 0. The van der Waals surface area contributed by atoms with Crippen molar-refractivity contribution in [2.24, 2.45) is 59.2 Å². The molecule has 180 valence electrons. The molecular weight excluding hydrogens is 372 g/mol. The monoisotopic (exact) mass is 428 g/mol. The maximum atomic E-state index is 2.60. The molecule has 0 aromatic carbocycles. The molecule has 5 aliphatic rings. The molecule has 0 radical (unpaired) electrons. The number of hydrogen-bond donors (Lipinski definition) is 0. The molecule has 5 rings (SSSR count). The highest BCUT2D eigenvalue weighted by atomic mass is 14.5. The molecule has 0 amide bonds. The Kier molecular flexibility index (Phi) is 8.89. The fourth-order valence-electron chi connectivity index (χ4n) is 9.68. The molecule has 5 fully saturated rings. The van der Waals surface area contributed by atoms with Crippen LogP contribution < -0.4 is 0 Å². The fraction of sp³-hybridized carbons (Fsp3) is 1.00. The van der Waals surface area contributed by atoms with Crippen molar-refractivity contribution >= 4 is 0 Å². The third-order valence-corrected chi connectivity index (χ3v) is 11.4. The fourth-order valence-corrected chi connectivity index (χ4v) is 9.68. The van der Waals surface area contributed by atoms with Gasteiger partial charge in [-0.2, -0.15) is 0 Å². The quantitative estimate of drug-likeness (QED) is 0.418. The first-order chi connectivity index (χ1) is 15.1. The van der Waals surface area contributed by atoms with Gasteiger partial charge in [-0.1, -0.05) is 105 Å². The Hall–Kier alpha value is 0. The van der Waals surface area contributed by atoms with Gasteiger partial charge in [0.25, 0.3) is 0 Å². The summed E-state index contributed by atoms with van der Waals surface area (Å²) in [6, 6.07) is 0. The summed E-state index contributed by atoms with van der Waals surface area (Å²) in [7, 11) is 0. The molecule has 5 aliphatic carbocycles. The van der Waals surface area contributed by atoms with Gasteiger partial charge >= 0.3 is 0 Å². The van der Waals surface area contributed by atoms with Crippen molar-refractivity contribution in [2.75, 3.05) is 0 Å². The topological polar surface area (TPSA) is 0 Å². The van der Waals surface area contributed by atoms with E-state index in [1.54, 1.807) is 51.4 Å². The molecule has 9 atom stereocenters. The van der Waals surface area contributed by atoms with E-state index in [0.29, 0.717) is 0 Å². The SMILES string of the molecule is CC1CC2CCCCC2C1C.CCCCC1C(C)CC2CCCC2C1C1CCCCC1. The van der Waals surface area contributed by atoms with Gasteiger partial charge < -0.3 is 0 Å². The number of unbranched alkanes of at least 4 members (excludes halogenated alkanes) is 1. The summed E-state index contributed by atoms with van der Waals surface area (Å²) in [5, 5.41) is 0. The second-order valence-electron chi connectivity index (χ2n) is 13.1. The summed E-state index contributed by atoms with van der Waals surface area (Å²) in [6.07, 6.45) is 26.1. The largest absolute Gasteiger partial charge is 0.0654 e. The van der Waals surface area contributed by atoms with Crippen molar-refractivity contribution in [3.8, 4) is 0 Å². The van der Waals surface area contributed by atoms with E-state index in [1.165, 1.54) is 57.8 Å². The minimum absolute atomic E-state index is 1.02. The number of fused-ring (bicyclic) bond motifs is 2. The highest BCUT2D eigenvalue weighted by Crippen LogP contribution is 2.56. The van der Waals surface area contributed by atoms with E-state index in [0.717, 1.165) is 59.2 Å². The predicted octanol–water partition coefficient (Wildman–Crippen LogP) is 9.91. The van der Waals surface area contributed by atoms with E-state index < -0.39 is 0 Å². The van der Waals surface area contributed by atoms with Gasteiger partial charge in [-0.15, -0.1) is 0 Å². The lowest BCUT2D eigenvalue weighted by atomic mass is 9.56. The average molecular weight is 429 g/mol. The summed E-state index contributed by atoms with van der Waals surface area (Å²) in [5.41, 5.74) is 0. The third kappa shape index (κ3) is 5.57. The van der Waals surface area contributed by atoms with Crippen LogP contribution in [0.4, 0.5) is 0 Å². The first kappa shape index (κ1) is 24.1. The Balaban J connectivity index is 0.000000177. The molecule has 0 aromatic rings. The first-order valence-corrected chi connectivity index (χ1v) is 15.1. The average Bonchev–Trinajstić information content (AvgIpc) is 3.37. The standard InChI is InChI=1S/C20H36.C11H20/c1-3-4-12-18-15(2)14-17-11-8-13-19(17)20(18)16-9-6-5-7-10-16;1-8-7-10-5-3-4-6-11(10)9(8)2/h15-20H,3-14H2,1-2H3;8-11H,3-7H2,1-2H3. The van der Waals surface area contributed by atoms with Crippen molar-refractivity contribution in [2.45, 2.75) is 137 Å². The minimum Gasteiger partial charge on any atom is -0.0654 e. The molecule has 9 unspecified atom stereocenters. The molecule has 5 saturated carbocycles. The predicted molar refractivity (Wildman–Crippen MR) is 136 cm³/mol. The van der Waals surface area contributed by atoms with Gasteiger partial charge in [0.15, 0.2) is 0 Å². The summed E-state index contributed by atoms with van der Waals surface area (Å²) in [6.45, 7) is 9.90. The van der Waals surface area contributed by atoms with E-state index in [1.807, 2.05) is 0 Å². The Morgan fingerprint density at radius 2 is 1.16 bits per heavy atom. The van der Waals surface area contributed by atoms with Crippen LogP contribution in [0.15, 0.2) is 0 Å². The van der Waals surface area contributed by atoms with E-state index in [-0.39, 0.29) is 0 Å². The van der Waals surface area contributed by atoms with E-state index in [4.69, 9.17) is 0 Å². The number of rotatable bonds is 4. The molecule has 0 N–H and O–H groups in total. The van der Waals surface area contributed by atoms with Crippen molar-refractivity contribution < 1.29 is 0 Å². The lowest BCUT2D eigenvalue weighted by Crippen LogP contribution is -2.41. The molecule has 0 heterocycles. The lowest BCUT2D eigenvalue weighted by molar-refractivity contribution is 0.00254. The van der Waals surface area contributed by atoms with Gasteiger partial charge in [0.05, 0.1) is 0 Å². The van der Waals surface area contributed by atoms with E-state index >= 15 is 0 Å². The Morgan fingerprint density at radius 1 is 0.581 bits per heavy atom. The first-order valence-electron chi connectivity index (χ1n) is 15.1. The van der Waals surface area contributed by atoms with Gasteiger partial charge in [-0.25, -0.2) is 0 Å². The molecule has 0 bridgehead atoms. The maximum Gasteiger partial charge on any atom is -0.0324 e. The maximum absolute atomic E-state index is 2.60. The second-order valence-corrected chi connectivity index (χ2v) is 13.1. The van der Waals surface area contributed by atoms with Crippen LogP contribution in [0.25, 0.3) is 0 Å². The van der Waals surface area contributed by atoms with Crippen LogP contribution in [0.1, 0.15) is 137 Å². The Labute approximate surface area is 196 Å². The van der Waals surface area contributed by atoms with Gasteiger partial charge in [-0.3, -0.25) is 0 Å². The summed E-state index contributed by atoms with van der Waals surface area (Å²) >= 11 is 0. The molecular formula is C31H56. The van der Waals surface area contributed by atoms with E-state index in [2.05, 4.69) is 27.7 Å². The van der Waals surface area contributed by atoms with E-state index in [9.17, 15) is 0 Å². The number of hydrogen-bond acceptors (Lipinski definition) is 0. The van der Waals surface area contributed by atoms with Crippen molar-refractivity contribution in [3.63, 3.8) is 0 Å². The van der Waals surface area contributed by atoms with Gasteiger partial charge in [0.2, 0.25) is 0 Å². The third-order valence-electron chi connectivity index (χ3n) is 11.4. The highest BCUT2D eigenvalue weighted by Gasteiger charge is 2.47. The van der Waals surface area contributed by atoms with Crippen LogP contribution in [0.3, 0.4) is 0 Å². The zero-order valence-electron chi connectivity index (χ0n) is 21.8. The molecule has 0 heteroatoms. The van der Waals surface area contributed by atoms with Crippen molar-refractivity contribution in [1.29, 1.82) is 0 Å². The highest BCUT2D eigenvalue weighted by molar-refractivity contribution is 4.96. The zero-order valence-corrected chi connectivity index (χ0v) is 21.8. The Morgan fingerprint density at radius 3 is 1.90 bits per heavy atom. The molecule has 0 saturated heterocycles. The van der Waals surface area contributed by atoms with Crippen LogP contribution in [0, 0.1) is 59.2 Å². The van der Waals surface area contributed by atoms with Crippen molar-refractivity contribution in [1.82, 2.24) is 0 Å². The summed E-state index contributed by atoms with van der Waals surface area (Å²) in [4.78, 5) is 0. The molecule has 0 aromatic heterocycles. The van der Waals surface area contributed by atoms with Crippen LogP contribution in [-0.4, -0.2) is 0 Å². The van der Waals surface area contributed by atoms with Crippen molar-refractivity contribution in [3.05, 3.63) is 0 Å². The van der Waals surface area contributed by atoms with Crippen LogP contribution >= 0.6 is 0 Å². The molecule has 31 heavy (non-hydrogen) atoms. The molecule has 0 nitrogen and oxygen atoms in total. The summed E-state index contributed by atoms with van der Waals surface area (Å²) in [5.74, 6) is 10.9. The molecule has 0 aliphatic heterocycles. The van der Waals surface area contributed by atoms with Crippen LogP contribution in [-0.2, 0) is 0 Å². The van der Waals surface area contributed by atoms with Gasteiger partial charge in [-0.05, 0) is 91.3 Å². The van der Waals surface area contributed by atoms with Gasteiger partial charge in [0, 0.05) is 0 Å². The van der Waals surface area contributed by atoms with Crippen LogP contribution in [0.5, 0.6) is 0 Å².